The maximum Gasteiger partial charge on any atom is 0.218 e. The molecule has 0 saturated carbocycles. The minimum atomic E-state index is -3.34. The van der Waals surface area contributed by atoms with Crippen molar-refractivity contribution < 1.29 is 13.2 Å². The van der Waals surface area contributed by atoms with Gasteiger partial charge in [0, 0.05) is 12.2 Å². The molecule has 106 valence electrons. The van der Waals surface area contributed by atoms with Crippen LogP contribution < -0.4 is 5.73 Å². The molecule has 1 aliphatic heterocycles. The molecule has 1 aliphatic rings. The van der Waals surface area contributed by atoms with E-state index in [1.165, 1.54) is 0 Å². The van der Waals surface area contributed by atoms with Crippen LogP contribution in [0.15, 0.2) is 24.3 Å². The predicted molar refractivity (Wildman–Crippen MR) is 75.1 cm³/mol. The Kier molecular flexibility index (Phi) is 3.85. The van der Waals surface area contributed by atoms with Crippen LogP contribution in [0.25, 0.3) is 0 Å². The van der Waals surface area contributed by atoms with Crippen molar-refractivity contribution in [1.29, 1.82) is 0 Å². The Balaban J connectivity index is 2.20. The monoisotopic (exact) mass is 284 g/mol. The van der Waals surface area contributed by atoms with Crippen LogP contribution >= 0.6 is 0 Å². The molecule has 1 heterocycles. The summed E-state index contributed by atoms with van der Waals surface area (Å²) in [6.07, 6.45) is 0. The van der Waals surface area contributed by atoms with E-state index in [9.17, 15) is 8.42 Å². The molecule has 0 amide bonds. The molecule has 1 fully saturated rings. The molecule has 2 N–H and O–H groups in total. The maximum absolute atomic E-state index is 12.5. The summed E-state index contributed by atoms with van der Waals surface area (Å²) in [6, 6.07) is 6.94. The van der Waals surface area contributed by atoms with Crippen LogP contribution in [0, 0.1) is 0 Å². The fourth-order valence-corrected chi connectivity index (χ4v) is 4.19. The van der Waals surface area contributed by atoms with Crippen LogP contribution in [0.5, 0.6) is 0 Å². The van der Waals surface area contributed by atoms with Crippen LogP contribution in [0.3, 0.4) is 0 Å². The van der Waals surface area contributed by atoms with E-state index < -0.39 is 15.6 Å². The number of hydrogen-bond donors (Lipinski definition) is 1. The summed E-state index contributed by atoms with van der Waals surface area (Å²) < 4.78 is 31.9. The van der Waals surface area contributed by atoms with Crippen LogP contribution in [0.1, 0.15) is 19.4 Å². The van der Waals surface area contributed by atoms with Crippen molar-refractivity contribution in [3.05, 3.63) is 29.8 Å². The second-order valence-electron chi connectivity index (χ2n) is 5.43. The van der Waals surface area contributed by atoms with E-state index in [-0.39, 0.29) is 5.75 Å². The van der Waals surface area contributed by atoms with Crippen LogP contribution in [0.2, 0.25) is 0 Å². The minimum Gasteiger partial charge on any atom is -0.399 e. The molecule has 0 aromatic heterocycles. The molecule has 0 bridgehead atoms. The molecule has 6 heteroatoms. The summed E-state index contributed by atoms with van der Waals surface area (Å²) in [5, 5.41) is 0. The third kappa shape index (κ3) is 3.26. The third-order valence-electron chi connectivity index (χ3n) is 3.23. The van der Waals surface area contributed by atoms with Crippen molar-refractivity contribution in [3.63, 3.8) is 0 Å². The Morgan fingerprint density at radius 2 is 1.95 bits per heavy atom. The van der Waals surface area contributed by atoms with Crippen LogP contribution in [0.4, 0.5) is 5.69 Å². The number of sulfonamides is 1. The fourth-order valence-electron chi connectivity index (χ4n) is 2.26. The average Bonchev–Trinajstić information content (AvgIpc) is 2.31. The van der Waals surface area contributed by atoms with Gasteiger partial charge in [0.1, 0.15) is 0 Å². The van der Waals surface area contributed by atoms with Crippen molar-refractivity contribution in [2.75, 3.05) is 25.5 Å². The molecule has 0 radical (unpaired) electrons. The van der Waals surface area contributed by atoms with E-state index in [1.54, 1.807) is 28.6 Å². The molecule has 19 heavy (non-hydrogen) atoms. The molecule has 5 nitrogen and oxygen atoms in total. The Labute approximate surface area is 114 Å². The molecule has 2 rings (SSSR count). The van der Waals surface area contributed by atoms with Gasteiger partial charge in [-0.3, -0.25) is 0 Å². The highest BCUT2D eigenvalue weighted by atomic mass is 32.2. The normalized spacial score (nSPS) is 20.3. The SMILES string of the molecule is CC1(C)COCCN1S(=O)(=O)Cc1ccc(N)cc1. The van der Waals surface area contributed by atoms with Gasteiger partial charge in [0.2, 0.25) is 10.0 Å². The first kappa shape index (κ1) is 14.3. The zero-order chi connectivity index (χ0) is 14.1. The van der Waals surface area contributed by atoms with Crippen molar-refractivity contribution in [1.82, 2.24) is 4.31 Å². The maximum atomic E-state index is 12.5. The molecular formula is C13H20N2O3S. The van der Waals surface area contributed by atoms with E-state index in [4.69, 9.17) is 10.5 Å². The first-order chi connectivity index (χ1) is 8.81. The first-order valence-electron chi connectivity index (χ1n) is 6.24. The van der Waals surface area contributed by atoms with Crippen molar-refractivity contribution in [2.24, 2.45) is 0 Å². The zero-order valence-corrected chi connectivity index (χ0v) is 12.1. The lowest BCUT2D eigenvalue weighted by molar-refractivity contribution is -0.00777. The van der Waals surface area contributed by atoms with E-state index in [0.717, 1.165) is 5.56 Å². The standard InChI is InChI=1S/C13H20N2O3S/c1-13(2)10-18-8-7-15(13)19(16,17)9-11-3-5-12(14)6-4-11/h3-6H,7-10,14H2,1-2H3. The van der Waals surface area contributed by atoms with Crippen molar-refractivity contribution in [3.8, 4) is 0 Å². The highest BCUT2D eigenvalue weighted by molar-refractivity contribution is 7.88. The van der Waals surface area contributed by atoms with E-state index in [1.807, 2.05) is 13.8 Å². The van der Waals surface area contributed by atoms with Crippen LogP contribution in [-0.4, -0.2) is 38.0 Å². The first-order valence-corrected chi connectivity index (χ1v) is 7.85. The Hall–Kier alpha value is -1.11. The number of nitrogens with two attached hydrogens (primary N) is 1. The minimum absolute atomic E-state index is 0.00326. The second-order valence-corrected chi connectivity index (χ2v) is 7.33. The summed E-state index contributed by atoms with van der Waals surface area (Å²) in [5.41, 5.74) is 6.48. The second kappa shape index (κ2) is 5.11. The number of nitrogens with zero attached hydrogens (tertiary/aromatic N) is 1. The molecule has 0 aliphatic carbocycles. The molecule has 1 aromatic carbocycles. The summed E-state index contributed by atoms with van der Waals surface area (Å²) in [4.78, 5) is 0. The number of rotatable bonds is 3. The lowest BCUT2D eigenvalue weighted by Gasteiger charge is -2.40. The van der Waals surface area contributed by atoms with Gasteiger partial charge in [0.15, 0.2) is 0 Å². The van der Waals surface area contributed by atoms with Crippen molar-refractivity contribution in [2.45, 2.75) is 25.1 Å². The number of hydrogen-bond acceptors (Lipinski definition) is 4. The summed E-state index contributed by atoms with van der Waals surface area (Å²) >= 11 is 0. The highest BCUT2D eigenvalue weighted by Gasteiger charge is 2.38. The summed E-state index contributed by atoms with van der Waals surface area (Å²) in [7, 11) is -3.34. The van der Waals surface area contributed by atoms with E-state index in [2.05, 4.69) is 0 Å². The molecule has 0 unspecified atom stereocenters. The quantitative estimate of drug-likeness (QED) is 0.847. The van der Waals surface area contributed by atoms with E-state index >= 15 is 0 Å². The molecule has 0 spiro atoms. The third-order valence-corrected chi connectivity index (χ3v) is 5.28. The summed E-state index contributed by atoms with van der Waals surface area (Å²) in [5.74, 6) is -0.00326. The number of ether oxygens (including phenoxy) is 1. The molecular weight excluding hydrogens is 264 g/mol. The summed E-state index contributed by atoms with van der Waals surface area (Å²) in [6.45, 7) is 5.04. The highest BCUT2D eigenvalue weighted by Crippen LogP contribution is 2.25. The lowest BCUT2D eigenvalue weighted by atomic mass is 10.1. The number of benzene rings is 1. The molecule has 1 saturated heterocycles. The van der Waals surface area contributed by atoms with Gasteiger partial charge in [-0.1, -0.05) is 12.1 Å². The Bertz CT molecular complexity index is 538. The van der Waals surface area contributed by atoms with E-state index in [0.29, 0.717) is 25.4 Å². The predicted octanol–water partition coefficient (Wildman–Crippen LogP) is 1.21. The Morgan fingerprint density at radius 1 is 1.32 bits per heavy atom. The van der Waals surface area contributed by atoms with Gasteiger partial charge >= 0.3 is 0 Å². The van der Waals surface area contributed by atoms with Gasteiger partial charge < -0.3 is 10.5 Å². The average molecular weight is 284 g/mol. The number of anilines is 1. The van der Waals surface area contributed by atoms with Crippen molar-refractivity contribution >= 4 is 15.7 Å². The van der Waals surface area contributed by atoms with Gasteiger partial charge in [-0.2, -0.15) is 4.31 Å². The largest absolute Gasteiger partial charge is 0.399 e. The van der Waals surface area contributed by atoms with Gasteiger partial charge in [0.25, 0.3) is 0 Å². The number of morpholine rings is 1. The van der Waals surface area contributed by atoms with Gasteiger partial charge in [-0.05, 0) is 31.5 Å². The fraction of sp³-hybridized carbons (Fsp3) is 0.538. The van der Waals surface area contributed by atoms with Gasteiger partial charge in [-0.25, -0.2) is 8.42 Å². The molecule has 1 aromatic rings. The molecule has 0 atom stereocenters. The van der Waals surface area contributed by atoms with Gasteiger partial charge in [-0.15, -0.1) is 0 Å². The zero-order valence-electron chi connectivity index (χ0n) is 11.3. The lowest BCUT2D eigenvalue weighted by Crippen LogP contribution is -2.55. The van der Waals surface area contributed by atoms with Gasteiger partial charge in [0.05, 0.1) is 24.5 Å². The smallest absolute Gasteiger partial charge is 0.218 e. The Morgan fingerprint density at radius 3 is 2.53 bits per heavy atom. The topological polar surface area (TPSA) is 72.6 Å². The van der Waals surface area contributed by atoms with Crippen LogP contribution in [-0.2, 0) is 20.5 Å². The number of nitrogen functional groups attached to an aromatic ring is 1.